The van der Waals surface area contributed by atoms with Crippen LogP contribution in [0.15, 0.2) is 24.3 Å². The van der Waals surface area contributed by atoms with Crippen molar-refractivity contribution in [3.63, 3.8) is 0 Å². The highest BCUT2D eigenvalue weighted by Crippen LogP contribution is 2.35. The molecule has 0 aromatic heterocycles. The van der Waals surface area contributed by atoms with Crippen molar-refractivity contribution in [3.8, 4) is 0 Å². The number of carbonyl (C=O) groups excluding carboxylic acids is 1. The van der Waals surface area contributed by atoms with Gasteiger partial charge in [-0.05, 0) is 36.8 Å². The van der Waals surface area contributed by atoms with E-state index in [1.165, 1.54) is 12.7 Å². The molecule has 1 aromatic carbocycles. The molecular formula is C15H21NO2. The molecule has 18 heavy (non-hydrogen) atoms. The number of aryl methyl sites for hydroxylation is 1. The Morgan fingerprint density at radius 2 is 2.17 bits per heavy atom. The number of benzene rings is 1. The van der Waals surface area contributed by atoms with E-state index in [2.05, 4.69) is 18.3 Å². The first-order valence-corrected chi connectivity index (χ1v) is 6.68. The van der Waals surface area contributed by atoms with Gasteiger partial charge in [0, 0.05) is 5.69 Å². The van der Waals surface area contributed by atoms with Gasteiger partial charge >= 0.3 is 5.97 Å². The van der Waals surface area contributed by atoms with Crippen LogP contribution >= 0.6 is 0 Å². The molecule has 1 aliphatic carbocycles. The van der Waals surface area contributed by atoms with E-state index in [0.717, 1.165) is 31.4 Å². The van der Waals surface area contributed by atoms with Crippen LogP contribution in [0, 0.1) is 5.92 Å². The molecule has 0 spiro atoms. The maximum Gasteiger partial charge on any atom is 0.328 e. The Labute approximate surface area is 109 Å². The van der Waals surface area contributed by atoms with Gasteiger partial charge in [-0.25, -0.2) is 4.79 Å². The van der Waals surface area contributed by atoms with Crippen molar-refractivity contribution in [1.29, 1.82) is 0 Å². The van der Waals surface area contributed by atoms with Gasteiger partial charge in [0.1, 0.15) is 6.04 Å². The van der Waals surface area contributed by atoms with Gasteiger partial charge < -0.3 is 10.1 Å². The van der Waals surface area contributed by atoms with E-state index in [0.29, 0.717) is 5.92 Å². The number of hydrogen-bond donors (Lipinski definition) is 1. The van der Waals surface area contributed by atoms with Crippen molar-refractivity contribution >= 4 is 11.7 Å². The number of para-hydroxylation sites is 1. The summed E-state index contributed by atoms with van der Waals surface area (Å²) in [6, 6.07) is 8.02. The highest BCUT2D eigenvalue weighted by atomic mass is 16.5. The lowest BCUT2D eigenvalue weighted by Crippen LogP contribution is -2.33. The highest BCUT2D eigenvalue weighted by molar-refractivity contribution is 5.80. The van der Waals surface area contributed by atoms with Gasteiger partial charge in [0.05, 0.1) is 7.11 Å². The summed E-state index contributed by atoms with van der Waals surface area (Å²) in [6.45, 7) is 2.16. The van der Waals surface area contributed by atoms with Crippen molar-refractivity contribution in [2.24, 2.45) is 5.92 Å². The van der Waals surface area contributed by atoms with Crippen LogP contribution in [0.25, 0.3) is 0 Å². The zero-order valence-electron chi connectivity index (χ0n) is 11.1. The van der Waals surface area contributed by atoms with Crippen LogP contribution in [0.3, 0.4) is 0 Å². The highest BCUT2D eigenvalue weighted by Gasteiger charge is 2.37. The molecule has 1 N–H and O–H groups in total. The monoisotopic (exact) mass is 247 g/mol. The SMILES string of the molecule is CCCc1ccccc1NC(C(=O)OC)C1CC1. The van der Waals surface area contributed by atoms with Gasteiger partial charge in [0.25, 0.3) is 0 Å². The lowest BCUT2D eigenvalue weighted by molar-refractivity contribution is -0.142. The molecule has 3 nitrogen and oxygen atoms in total. The van der Waals surface area contributed by atoms with Crippen molar-refractivity contribution < 1.29 is 9.53 Å². The summed E-state index contributed by atoms with van der Waals surface area (Å²) in [5.74, 6) is 0.288. The van der Waals surface area contributed by atoms with Crippen LogP contribution in [0.2, 0.25) is 0 Å². The predicted molar refractivity (Wildman–Crippen MR) is 72.6 cm³/mol. The molecule has 1 saturated carbocycles. The molecule has 98 valence electrons. The minimum Gasteiger partial charge on any atom is -0.467 e. The van der Waals surface area contributed by atoms with E-state index in [1.54, 1.807) is 0 Å². The molecule has 1 aromatic rings. The Hall–Kier alpha value is -1.51. The third kappa shape index (κ3) is 3.03. The average Bonchev–Trinajstić information content (AvgIpc) is 3.21. The molecule has 0 aliphatic heterocycles. The van der Waals surface area contributed by atoms with E-state index in [-0.39, 0.29) is 12.0 Å². The zero-order chi connectivity index (χ0) is 13.0. The Morgan fingerprint density at radius 1 is 1.44 bits per heavy atom. The first-order valence-electron chi connectivity index (χ1n) is 6.68. The predicted octanol–water partition coefficient (Wildman–Crippen LogP) is 3.00. The maximum absolute atomic E-state index is 11.8. The van der Waals surface area contributed by atoms with Crippen LogP contribution in [0.1, 0.15) is 31.7 Å². The number of esters is 1. The molecule has 1 fully saturated rings. The fourth-order valence-corrected chi connectivity index (χ4v) is 2.24. The largest absolute Gasteiger partial charge is 0.467 e. The molecule has 0 amide bonds. The lowest BCUT2D eigenvalue weighted by atomic mass is 10.1. The van der Waals surface area contributed by atoms with E-state index in [1.807, 2.05) is 18.2 Å². The van der Waals surface area contributed by atoms with Crippen LogP contribution in [0.4, 0.5) is 5.69 Å². The smallest absolute Gasteiger partial charge is 0.328 e. The van der Waals surface area contributed by atoms with Gasteiger partial charge in [0.2, 0.25) is 0 Å². The zero-order valence-corrected chi connectivity index (χ0v) is 11.1. The van der Waals surface area contributed by atoms with Crippen molar-refractivity contribution in [1.82, 2.24) is 0 Å². The van der Waals surface area contributed by atoms with Crippen LogP contribution in [-0.4, -0.2) is 19.1 Å². The second-order valence-electron chi connectivity index (χ2n) is 4.89. The molecule has 0 saturated heterocycles. The number of nitrogens with one attached hydrogen (secondary N) is 1. The standard InChI is InChI=1S/C15H21NO2/c1-3-6-11-7-4-5-8-13(11)16-14(12-9-10-12)15(17)18-2/h4-5,7-8,12,14,16H,3,6,9-10H2,1-2H3. The molecule has 0 bridgehead atoms. The lowest BCUT2D eigenvalue weighted by Gasteiger charge is -2.19. The Morgan fingerprint density at radius 3 is 2.78 bits per heavy atom. The Bertz CT molecular complexity index is 413. The van der Waals surface area contributed by atoms with Gasteiger partial charge in [-0.2, -0.15) is 0 Å². The number of carbonyl (C=O) groups is 1. The van der Waals surface area contributed by atoms with Gasteiger partial charge in [-0.15, -0.1) is 0 Å². The number of ether oxygens (including phenoxy) is 1. The van der Waals surface area contributed by atoms with E-state index >= 15 is 0 Å². The number of methoxy groups -OCH3 is 1. The number of hydrogen-bond acceptors (Lipinski definition) is 3. The van der Waals surface area contributed by atoms with Gasteiger partial charge in [-0.3, -0.25) is 0 Å². The first kappa shape index (κ1) is 12.9. The molecule has 0 radical (unpaired) electrons. The van der Waals surface area contributed by atoms with Crippen LogP contribution in [-0.2, 0) is 16.0 Å². The average molecular weight is 247 g/mol. The third-order valence-corrected chi connectivity index (χ3v) is 3.40. The van der Waals surface area contributed by atoms with Crippen molar-refractivity contribution in [3.05, 3.63) is 29.8 Å². The normalized spacial score (nSPS) is 16.1. The summed E-state index contributed by atoms with van der Waals surface area (Å²) in [5.41, 5.74) is 2.34. The number of rotatable bonds is 6. The minimum atomic E-state index is -0.187. The van der Waals surface area contributed by atoms with Crippen molar-refractivity contribution in [2.75, 3.05) is 12.4 Å². The first-order chi connectivity index (χ1) is 8.76. The second kappa shape index (κ2) is 5.89. The fourth-order valence-electron chi connectivity index (χ4n) is 2.24. The molecule has 1 aliphatic rings. The molecule has 1 unspecified atom stereocenters. The summed E-state index contributed by atoms with van der Waals surface area (Å²) in [6.07, 6.45) is 4.36. The third-order valence-electron chi connectivity index (χ3n) is 3.40. The summed E-state index contributed by atoms with van der Waals surface area (Å²) in [5, 5.41) is 3.37. The van der Waals surface area contributed by atoms with Crippen LogP contribution in [0.5, 0.6) is 0 Å². The fraction of sp³-hybridized carbons (Fsp3) is 0.533. The summed E-state index contributed by atoms with van der Waals surface area (Å²) >= 11 is 0. The van der Waals surface area contributed by atoms with E-state index in [4.69, 9.17) is 4.74 Å². The Balaban J connectivity index is 2.13. The van der Waals surface area contributed by atoms with Gasteiger partial charge in [0.15, 0.2) is 0 Å². The van der Waals surface area contributed by atoms with E-state index < -0.39 is 0 Å². The minimum absolute atomic E-state index is 0.149. The molecule has 0 heterocycles. The Kier molecular flexibility index (Phi) is 4.24. The number of anilines is 1. The summed E-state index contributed by atoms with van der Waals surface area (Å²) in [4.78, 5) is 11.8. The van der Waals surface area contributed by atoms with Crippen LogP contribution < -0.4 is 5.32 Å². The molecular weight excluding hydrogens is 226 g/mol. The van der Waals surface area contributed by atoms with Gasteiger partial charge in [-0.1, -0.05) is 31.5 Å². The summed E-state index contributed by atoms with van der Waals surface area (Å²) < 4.78 is 4.88. The quantitative estimate of drug-likeness (QED) is 0.785. The topological polar surface area (TPSA) is 38.3 Å². The molecule has 1 atom stereocenters. The van der Waals surface area contributed by atoms with Crippen molar-refractivity contribution in [2.45, 2.75) is 38.6 Å². The molecule has 2 rings (SSSR count). The maximum atomic E-state index is 11.8. The molecule has 3 heteroatoms. The second-order valence-corrected chi connectivity index (χ2v) is 4.89. The van der Waals surface area contributed by atoms with E-state index in [9.17, 15) is 4.79 Å². The summed E-state index contributed by atoms with van der Waals surface area (Å²) in [7, 11) is 1.46.